The van der Waals surface area contributed by atoms with Crippen molar-refractivity contribution < 1.29 is 4.79 Å². The van der Waals surface area contributed by atoms with Gasteiger partial charge in [-0.25, -0.2) is 0 Å². The quantitative estimate of drug-likeness (QED) is 0.892. The number of aryl methyl sites for hydroxylation is 1. The molecule has 0 bridgehead atoms. The van der Waals surface area contributed by atoms with Crippen molar-refractivity contribution in [1.82, 2.24) is 14.8 Å². The van der Waals surface area contributed by atoms with E-state index < -0.39 is 5.54 Å². The van der Waals surface area contributed by atoms with E-state index in [2.05, 4.69) is 15.5 Å². The maximum absolute atomic E-state index is 12.6. The highest BCUT2D eigenvalue weighted by atomic mass is 35.5. The number of nitrogens with one attached hydrogen (secondary N) is 1. The summed E-state index contributed by atoms with van der Waals surface area (Å²) in [7, 11) is 1.89. The summed E-state index contributed by atoms with van der Waals surface area (Å²) in [5.74, 6) is 0.627. The molecule has 3 rings (SSSR count). The van der Waals surface area contributed by atoms with E-state index in [-0.39, 0.29) is 24.2 Å². The molecule has 6 nitrogen and oxygen atoms in total. The van der Waals surface area contributed by atoms with E-state index >= 15 is 0 Å². The Bertz CT molecular complexity index is 713. The van der Waals surface area contributed by atoms with E-state index in [1.165, 1.54) is 0 Å². The lowest BCUT2D eigenvalue weighted by Gasteiger charge is -2.37. The Labute approximate surface area is 148 Å². The molecule has 0 radical (unpaired) electrons. The minimum Gasteiger partial charge on any atom is -0.326 e. The summed E-state index contributed by atoms with van der Waals surface area (Å²) in [6.07, 6.45) is 5.55. The Balaban J connectivity index is 0.00000208. The molecule has 0 spiro atoms. The Morgan fingerprint density at radius 2 is 2.21 bits per heavy atom. The fraction of sp³-hybridized carbons (Fsp3) is 0.471. The van der Waals surface area contributed by atoms with E-state index in [9.17, 15) is 4.79 Å². The number of nitrogens with two attached hydrogens (primary N) is 1. The number of hydrogen-bond donors (Lipinski definition) is 2. The minimum absolute atomic E-state index is 0. The van der Waals surface area contributed by atoms with E-state index in [4.69, 9.17) is 5.73 Å². The number of nitrogens with zero attached hydrogens (tertiary/aromatic N) is 3. The van der Waals surface area contributed by atoms with Crippen LogP contribution in [0.1, 0.15) is 32.6 Å². The first-order valence-electron chi connectivity index (χ1n) is 8.01. The van der Waals surface area contributed by atoms with Crippen molar-refractivity contribution in [3.8, 4) is 11.4 Å². The molecule has 130 valence electrons. The number of amides is 1. The van der Waals surface area contributed by atoms with Crippen molar-refractivity contribution in [3.63, 3.8) is 0 Å². The number of benzene rings is 1. The number of anilines is 1. The fourth-order valence-electron chi connectivity index (χ4n) is 3.30. The van der Waals surface area contributed by atoms with Crippen LogP contribution in [0.25, 0.3) is 11.4 Å². The van der Waals surface area contributed by atoms with Crippen LogP contribution < -0.4 is 11.1 Å². The highest BCUT2D eigenvalue weighted by Gasteiger charge is 2.37. The first-order chi connectivity index (χ1) is 11.0. The molecule has 1 aliphatic carbocycles. The van der Waals surface area contributed by atoms with E-state index in [0.29, 0.717) is 0 Å². The second-order valence-corrected chi connectivity index (χ2v) is 6.64. The highest BCUT2D eigenvalue weighted by Crippen LogP contribution is 2.32. The van der Waals surface area contributed by atoms with E-state index in [1.807, 2.05) is 42.8 Å². The van der Waals surface area contributed by atoms with Gasteiger partial charge >= 0.3 is 0 Å². The van der Waals surface area contributed by atoms with Crippen LogP contribution in [-0.4, -0.2) is 26.2 Å². The average Bonchev–Trinajstić information content (AvgIpc) is 2.93. The normalized spacial score (nSPS) is 23.4. The molecule has 0 saturated heterocycles. The molecule has 1 aliphatic rings. The average molecular weight is 350 g/mol. The third-order valence-corrected chi connectivity index (χ3v) is 4.67. The van der Waals surface area contributed by atoms with Crippen molar-refractivity contribution in [2.75, 3.05) is 5.32 Å². The number of carbonyl (C=O) groups is 1. The summed E-state index contributed by atoms with van der Waals surface area (Å²) < 4.78 is 1.85. The van der Waals surface area contributed by atoms with Crippen LogP contribution in [0.5, 0.6) is 0 Å². The van der Waals surface area contributed by atoms with Crippen molar-refractivity contribution in [3.05, 3.63) is 30.6 Å². The molecule has 7 heteroatoms. The molecular formula is C17H24ClN5O. The topological polar surface area (TPSA) is 85.8 Å². The summed E-state index contributed by atoms with van der Waals surface area (Å²) >= 11 is 0. The Morgan fingerprint density at radius 1 is 1.42 bits per heavy atom. The van der Waals surface area contributed by atoms with Crippen molar-refractivity contribution in [2.24, 2.45) is 18.7 Å². The monoisotopic (exact) mass is 349 g/mol. The predicted octanol–water partition coefficient (Wildman–Crippen LogP) is 2.75. The van der Waals surface area contributed by atoms with Gasteiger partial charge in [0.05, 0.1) is 5.92 Å². The van der Waals surface area contributed by atoms with Gasteiger partial charge in [0.2, 0.25) is 5.91 Å². The lowest BCUT2D eigenvalue weighted by molar-refractivity contribution is -0.122. The van der Waals surface area contributed by atoms with Gasteiger partial charge in [0.15, 0.2) is 5.82 Å². The zero-order valence-corrected chi connectivity index (χ0v) is 14.8. The lowest BCUT2D eigenvalue weighted by Crippen LogP contribution is -2.51. The summed E-state index contributed by atoms with van der Waals surface area (Å²) in [6, 6.07) is 7.66. The van der Waals surface area contributed by atoms with Crippen molar-refractivity contribution in [2.45, 2.75) is 38.1 Å². The highest BCUT2D eigenvalue weighted by molar-refractivity contribution is 5.94. The molecule has 1 fully saturated rings. The van der Waals surface area contributed by atoms with Crippen LogP contribution in [0.3, 0.4) is 0 Å². The number of halogens is 1. The Hall–Kier alpha value is -1.92. The summed E-state index contributed by atoms with van der Waals surface area (Å²) in [5, 5.41) is 11.0. The number of aromatic nitrogens is 3. The molecule has 0 aliphatic heterocycles. The summed E-state index contributed by atoms with van der Waals surface area (Å²) in [6.45, 7) is 1.98. The van der Waals surface area contributed by atoms with Gasteiger partial charge in [0.1, 0.15) is 6.33 Å². The standard InChI is InChI=1S/C17H23N5O.ClH/c1-17(18)9-4-3-8-14(17)16(23)20-13-7-5-6-12(10-13)15-21-19-11-22(15)2;/h5-7,10-11,14H,3-4,8-9,18H2,1-2H3,(H,20,23);1H. The van der Waals surface area contributed by atoms with Crippen LogP contribution >= 0.6 is 12.4 Å². The number of carbonyl (C=O) groups excluding carboxylic acids is 1. The van der Waals surface area contributed by atoms with E-state index in [0.717, 1.165) is 42.8 Å². The van der Waals surface area contributed by atoms with Gasteiger partial charge in [0.25, 0.3) is 0 Å². The van der Waals surface area contributed by atoms with Gasteiger partial charge in [0, 0.05) is 23.8 Å². The molecule has 1 aromatic heterocycles. The molecule has 1 aromatic carbocycles. The molecule has 2 atom stereocenters. The van der Waals surface area contributed by atoms with Gasteiger partial charge in [-0.15, -0.1) is 22.6 Å². The first-order valence-corrected chi connectivity index (χ1v) is 8.01. The van der Waals surface area contributed by atoms with Gasteiger partial charge in [-0.05, 0) is 31.9 Å². The smallest absolute Gasteiger partial charge is 0.229 e. The van der Waals surface area contributed by atoms with Crippen molar-refractivity contribution in [1.29, 1.82) is 0 Å². The SMILES string of the molecule is Cl.Cn1cnnc1-c1cccc(NC(=O)C2CCCCC2(C)N)c1. The van der Waals surface area contributed by atoms with Crippen LogP contribution in [0, 0.1) is 5.92 Å². The maximum atomic E-state index is 12.6. The molecule has 2 unspecified atom stereocenters. The molecule has 1 heterocycles. The molecule has 1 saturated carbocycles. The Morgan fingerprint density at radius 3 is 2.88 bits per heavy atom. The largest absolute Gasteiger partial charge is 0.326 e. The van der Waals surface area contributed by atoms with E-state index in [1.54, 1.807) is 6.33 Å². The van der Waals surface area contributed by atoms with Crippen molar-refractivity contribution >= 4 is 24.0 Å². The molecule has 3 N–H and O–H groups in total. The third-order valence-electron chi connectivity index (χ3n) is 4.67. The molecule has 2 aromatic rings. The maximum Gasteiger partial charge on any atom is 0.229 e. The summed E-state index contributed by atoms with van der Waals surface area (Å²) in [5.41, 5.74) is 7.57. The second-order valence-electron chi connectivity index (χ2n) is 6.64. The van der Waals surface area contributed by atoms with Gasteiger partial charge in [-0.1, -0.05) is 25.0 Å². The van der Waals surface area contributed by atoms with Gasteiger partial charge in [-0.2, -0.15) is 0 Å². The lowest BCUT2D eigenvalue weighted by atomic mass is 9.74. The second kappa shape index (κ2) is 7.32. The van der Waals surface area contributed by atoms with Crippen LogP contribution in [0.4, 0.5) is 5.69 Å². The zero-order valence-electron chi connectivity index (χ0n) is 14.0. The number of hydrogen-bond acceptors (Lipinski definition) is 4. The first kappa shape index (κ1) is 18.4. The van der Waals surface area contributed by atoms with Crippen LogP contribution in [0.2, 0.25) is 0 Å². The minimum atomic E-state index is -0.427. The van der Waals surface area contributed by atoms with Crippen LogP contribution in [0.15, 0.2) is 30.6 Å². The Kier molecular flexibility index (Phi) is 5.62. The van der Waals surface area contributed by atoms with Gasteiger partial charge < -0.3 is 15.6 Å². The van der Waals surface area contributed by atoms with Gasteiger partial charge in [-0.3, -0.25) is 4.79 Å². The molecule has 1 amide bonds. The third kappa shape index (κ3) is 3.76. The van der Waals surface area contributed by atoms with Crippen LogP contribution in [-0.2, 0) is 11.8 Å². The fourth-order valence-corrected chi connectivity index (χ4v) is 3.30. The number of rotatable bonds is 3. The summed E-state index contributed by atoms with van der Waals surface area (Å²) in [4.78, 5) is 12.6. The predicted molar refractivity (Wildman–Crippen MR) is 96.9 cm³/mol. The molecule has 24 heavy (non-hydrogen) atoms. The molecular weight excluding hydrogens is 326 g/mol. The zero-order chi connectivity index (χ0) is 16.4.